The molecule has 1 fully saturated rings. The molecule has 0 bridgehead atoms. The van der Waals surface area contributed by atoms with Gasteiger partial charge in [-0.25, -0.2) is 13.2 Å². The van der Waals surface area contributed by atoms with E-state index in [1.807, 2.05) is 0 Å². The molecule has 8 nitrogen and oxygen atoms in total. The van der Waals surface area contributed by atoms with Gasteiger partial charge in [0.1, 0.15) is 0 Å². The van der Waals surface area contributed by atoms with Gasteiger partial charge in [-0.05, 0) is 25.0 Å². The molecule has 1 saturated heterocycles. The Balaban J connectivity index is 1.55. The first-order valence-corrected chi connectivity index (χ1v) is 10.4. The van der Waals surface area contributed by atoms with Crippen LogP contribution in [0.25, 0.3) is 11.3 Å². The number of likely N-dealkylation sites (tertiary alicyclic amines) is 1. The first kappa shape index (κ1) is 19.2. The Labute approximate surface area is 157 Å². The summed E-state index contributed by atoms with van der Waals surface area (Å²) in [5.74, 6) is 0. The van der Waals surface area contributed by atoms with Crippen molar-refractivity contribution >= 4 is 15.9 Å². The number of hydrogen-bond donors (Lipinski definition) is 1. The molecular weight excluding hydrogens is 370 g/mol. The van der Waals surface area contributed by atoms with Gasteiger partial charge in [0.25, 0.3) is 0 Å². The largest absolute Gasteiger partial charge is 0.465 e. The topological polar surface area (TPSA) is 110 Å². The number of ether oxygens (including phenoxy) is 1. The highest BCUT2D eigenvalue weighted by atomic mass is 32.2. The predicted molar refractivity (Wildman–Crippen MR) is 98.0 cm³/mol. The van der Waals surface area contributed by atoms with Gasteiger partial charge in [-0.15, -0.1) is 0 Å². The summed E-state index contributed by atoms with van der Waals surface area (Å²) in [4.78, 5) is 21.3. The summed E-state index contributed by atoms with van der Waals surface area (Å²) in [7, 11) is -3.22. The van der Waals surface area contributed by atoms with E-state index < -0.39 is 15.9 Å². The normalized spacial score (nSPS) is 15.7. The molecule has 0 aliphatic carbocycles. The van der Waals surface area contributed by atoms with Crippen LogP contribution < -0.4 is 0 Å². The molecule has 2 heterocycles. The molecule has 1 aromatic carbocycles. The molecule has 0 atom stereocenters. The van der Waals surface area contributed by atoms with E-state index in [1.54, 1.807) is 36.7 Å². The number of carboxylic acid groups (broad SMARTS) is 1. The van der Waals surface area contributed by atoms with Crippen LogP contribution in [0.5, 0.6) is 0 Å². The minimum Gasteiger partial charge on any atom is -0.465 e. The van der Waals surface area contributed by atoms with Crippen LogP contribution in [0.1, 0.15) is 18.5 Å². The summed E-state index contributed by atoms with van der Waals surface area (Å²) in [5, 5.41) is 8.94. The van der Waals surface area contributed by atoms with Gasteiger partial charge < -0.3 is 14.7 Å². The number of sulfone groups is 1. The Hall–Kier alpha value is -2.52. The highest BCUT2D eigenvalue weighted by Gasteiger charge is 2.22. The number of aromatic nitrogens is 2. The minimum absolute atomic E-state index is 0.0191. The average molecular weight is 391 g/mol. The summed E-state index contributed by atoms with van der Waals surface area (Å²) < 4.78 is 28.8. The molecule has 3 rings (SSSR count). The third-order valence-corrected chi connectivity index (χ3v) is 5.59. The summed E-state index contributed by atoms with van der Waals surface area (Å²) in [6.45, 7) is 1.28. The Morgan fingerprint density at radius 1 is 1.19 bits per heavy atom. The monoisotopic (exact) mass is 391 g/mol. The second-order valence-electron chi connectivity index (χ2n) is 6.47. The SMILES string of the molecule is CS(=O)(=O)c1ccc(-c2cnc(COC3CCN(C(=O)O)CC3)cn2)cc1. The summed E-state index contributed by atoms with van der Waals surface area (Å²) in [6, 6.07) is 6.50. The number of amides is 1. The van der Waals surface area contributed by atoms with E-state index in [-0.39, 0.29) is 11.0 Å². The van der Waals surface area contributed by atoms with Gasteiger partial charge in [0.2, 0.25) is 0 Å². The maximum atomic E-state index is 11.5. The predicted octanol–water partition coefficient (Wildman–Crippen LogP) is 2.21. The van der Waals surface area contributed by atoms with Crippen LogP contribution in [0.15, 0.2) is 41.6 Å². The smallest absolute Gasteiger partial charge is 0.407 e. The lowest BCUT2D eigenvalue weighted by atomic mass is 10.1. The van der Waals surface area contributed by atoms with Crippen molar-refractivity contribution < 1.29 is 23.1 Å². The zero-order valence-corrected chi connectivity index (χ0v) is 15.7. The summed E-state index contributed by atoms with van der Waals surface area (Å²) in [6.07, 6.45) is 4.90. The Bertz CT molecular complexity index is 890. The van der Waals surface area contributed by atoms with Crippen LogP contribution in [0.2, 0.25) is 0 Å². The van der Waals surface area contributed by atoms with Crippen molar-refractivity contribution in [1.82, 2.24) is 14.9 Å². The molecule has 0 saturated carbocycles. The molecule has 9 heteroatoms. The first-order valence-electron chi connectivity index (χ1n) is 8.54. The van der Waals surface area contributed by atoms with Gasteiger partial charge in [0, 0.05) is 24.9 Å². The zero-order valence-electron chi connectivity index (χ0n) is 14.9. The lowest BCUT2D eigenvalue weighted by molar-refractivity contribution is -0.00104. The van der Waals surface area contributed by atoms with Crippen molar-refractivity contribution in [3.05, 3.63) is 42.4 Å². The fourth-order valence-corrected chi connectivity index (χ4v) is 3.50. The molecule has 27 heavy (non-hydrogen) atoms. The van der Waals surface area contributed by atoms with Crippen LogP contribution >= 0.6 is 0 Å². The Kier molecular flexibility index (Phi) is 5.71. The van der Waals surface area contributed by atoms with E-state index in [0.29, 0.717) is 43.9 Å². The standard InChI is InChI=1S/C18H21N3O5S/c1-27(24,25)16-4-2-13(3-5-16)17-11-19-14(10-20-17)12-26-15-6-8-21(9-7-15)18(22)23/h2-5,10-11,15H,6-9,12H2,1H3,(H,22,23). The minimum atomic E-state index is -3.22. The number of piperidine rings is 1. The molecule has 1 aliphatic heterocycles. The molecule has 0 spiro atoms. The number of rotatable bonds is 5. The highest BCUT2D eigenvalue weighted by Crippen LogP contribution is 2.20. The van der Waals surface area contributed by atoms with Crippen LogP contribution in [0, 0.1) is 0 Å². The lowest BCUT2D eigenvalue weighted by Gasteiger charge is -2.29. The third kappa shape index (κ3) is 5.01. The van der Waals surface area contributed by atoms with Crippen LogP contribution in [0.4, 0.5) is 4.79 Å². The number of hydrogen-bond acceptors (Lipinski definition) is 6. The second kappa shape index (κ2) is 8.01. The average Bonchev–Trinajstić information content (AvgIpc) is 2.66. The van der Waals surface area contributed by atoms with Crippen molar-refractivity contribution in [3.8, 4) is 11.3 Å². The van der Waals surface area contributed by atoms with Crippen molar-refractivity contribution in [1.29, 1.82) is 0 Å². The van der Waals surface area contributed by atoms with Crippen molar-refractivity contribution in [2.75, 3.05) is 19.3 Å². The van der Waals surface area contributed by atoms with Crippen molar-refractivity contribution in [2.24, 2.45) is 0 Å². The summed E-state index contributed by atoms with van der Waals surface area (Å²) >= 11 is 0. The molecular formula is C18H21N3O5S. The van der Waals surface area contributed by atoms with E-state index in [4.69, 9.17) is 9.84 Å². The van der Waals surface area contributed by atoms with Gasteiger partial charge in [0.15, 0.2) is 9.84 Å². The number of benzene rings is 1. The quantitative estimate of drug-likeness (QED) is 0.832. The molecule has 1 N–H and O–H groups in total. The first-order chi connectivity index (χ1) is 12.8. The maximum absolute atomic E-state index is 11.5. The number of nitrogens with zero attached hydrogens (tertiary/aromatic N) is 3. The van der Waals surface area contributed by atoms with Crippen LogP contribution in [0.3, 0.4) is 0 Å². The third-order valence-electron chi connectivity index (χ3n) is 4.46. The molecule has 0 radical (unpaired) electrons. The highest BCUT2D eigenvalue weighted by molar-refractivity contribution is 7.90. The van der Waals surface area contributed by atoms with Gasteiger partial charge in [-0.2, -0.15) is 0 Å². The van der Waals surface area contributed by atoms with Gasteiger partial charge in [-0.3, -0.25) is 9.97 Å². The van der Waals surface area contributed by atoms with Crippen LogP contribution in [-0.2, 0) is 21.2 Å². The van der Waals surface area contributed by atoms with Crippen molar-refractivity contribution in [2.45, 2.75) is 30.4 Å². The molecule has 1 amide bonds. The van der Waals surface area contributed by atoms with E-state index >= 15 is 0 Å². The zero-order chi connectivity index (χ0) is 19.4. The van der Waals surface area contributed by atoms with E-state index in [9.17, 15) is 13.2 Å². The van der Waals surface area contributed by atoms with Gasteiger partial charge in [0.05, 0.1) is 41.4 Å². The van der Waals surface area contributed by atoms with E-state index in [2.05, 4.69) is 9.97 Å². The fraction of sp³-hybridized carbons (Fsp3) is 0.389. The molecule has 0 unspecified atom stereocenters. The lowest BCUT2D eigenvalue weighted by Crippen LogP contribution is -2.40. The Morgan fingerprint density at radius 2 is 1.85 bits per heavy atom. The number of carbonyl (C=O) groups is 1. The van der Waals surface area contributed by atoms with Gasteiger partial charge >= 0.3 is 6.09 Å². The Morgan fingerprint density at radius 3 is 2.37 bits per heavy atom. The van der Waals surface area contributed by atoms with Crippen LogP contribution in [-0.4, -0.2) is 59.9 Å². The fourth-order valence-electron chi connectivity index (χ4n) is 2.87. The molecule has 144 valence electrons. The molecule has 2 aromatic rings. The molecule has 1 aliphatic rings. The van der Waals surface area contributed by atoms with Gasteiger partial charge in [-0.1, -0.05) is 12.1 Å². The van der Waals surface area contributed by atoms with Crippen molar-refractivity contribution in [3.63, 3.8) is 0 Å². The van der Waals surface area contributed by atoms with E-state index in [0.717, 1.165) is 5.56 Å². The second-order valence-corrected chi connectivity index (χ2v) is 8.49. The maximum Gasteiger partial charge on any atom is 0.407 e. The molecule has 1 aromatic heterocycles. The van der Waals surface area contributed by atoms with E-state index in [1.165, 1.54) is 11.2 Å². The summed E-state index contributed by atoms with van der Waals surface area (Å²) in [5.41, 5.74) is 2.11.